The maximum atomic E-state index is 13.4. The van der Waals surface area contributed by atoms with Gasteiger partial charge in [-0.25, -0.2) is 18.7 Å². The van der Waals surface area contributed by atoms with Gasteiger partial charge in [0, 0.05) is 81.0 Å². The average Bonchev–Trinajstić information content (AvgIpc) is 3.41. The highest BCUT2D eigenvalue weighted by atomic mass is 19.3. The molecular formula is C26H28F2N4O4. The van der Waals surface area contributed by atoms with Gasteiger partial charge in [0.25, 0.3) is 0 Å². The summed E-state index contributed by atoms with van der Waals surface area (Å²) in [7, 11) is 1.92. The van der Waals surface area contributed by atoms with E-state index in [1.54, 1.807) is 6.20 Å². The second-order valence-corrected chi connectivity index (χ2v) is 10.1. The van der Waals surface area contributed by atoms with Crippen molar-refractivity contribution in [1.82, 2.24) is 14.5 Å². The Labute approximate surface area is 207 Å². The molecule has 2 aliphatic heterocycles. The summed E-state index contributed by atoms with van der Waals surface area (Å²) in [5, 5.41) is 3.61. The van der Waals surface area contributed by atoms with Crippen LogP contribution in [0.15, 0.2) is 24.5 Å². The lowest BCUT2D eigenvalue weighted by atomic mass is 9.82. The van der Waals surface area contributed by atoms with Crippen molar-refractivity contribution in [2.24, 2.45) is 13.0 Å². The number of halogens is 2. The zero-order valence-electron chi connectivity index (χ0n) is 20.3. The van der Waals surface area contributed by atoms with Gasteiger partial charge in [-0.1, -0.05) is 0 Å². The Balaban J connectivity index is 1.45. The van der Waals surface area contributed by atoms with E-state index in [2.05, 4.69) is 10.3 Å². The summed E-state index contributed by atoms with van der Waals surface area (Å²) < 4.78 is 46.9. The molecule has 1 amide bonds. The summed E-state index contributed by atoms with van der Waals surface area (Å²) in [5.74, 6) is -1.85. The molecule has 1 spiro atoms. The molecule has 0 radical (unpaired) electrons. The molecule has 6 rings (SSSR count). The van der Waals surface area contributed by atoms with Crippen LogP contribution in [0.25, 0.3) is 22.2 Å². The van der Waals surface area contributed by atoms with Gasteiger partial charge in [0.05, 0.1) is 42.9 Å². The average molecular weight is 499 g/mol. The summed E-state index contributed by atoms with van der Waals surface area (Å²) in [6.45, 7) is 3.19. The van der Waals surface area contributed by atoms with Crippen molar-refractivity contribution in [3.05, 3.63) is 35.8 Å². The number of pyridine rings is 2. The fourth-order valence-corrected chi connectivity index (χ4v) is 5.54. The molecule has 10 heteroatoms. The van der Waals surface area contributed by atoms with E-state index in [1.165, 1.54) is 6.92 Å². The van der Waals surface area contributed by atoms with Gasteiger partial charge in [0.2, 0.25) is 11.8 Å². The largest absolute Gasteiger partial charge is 0.493 e. The molecule has 3 aromatic heterocycles. The summed E-state index contributed by atoms with van der Waals surface area (Å²) in [6, 6.07) is 3.73. The number of hydrogen-bond donors (Lipinski definition) is 1. The van der Waals surface area contributed by atoms with Crippen LogP contribution in [-0.2, 0) is 33.3 Å². The minimum Gasteiger partial charge on any atom is -0.493 e. The smallest absolute Gasteiger partial charge is 0.248 e. The molecule has 3 aliphatic rings. The Hall–Kier alpha value is -3.11. The topological polar surface area (TPSA) is 87.5 Å². The Bertz CT molecular complexity index is 1340. The van der Waals surface area contributed by atoms with Crippen molar-refractivity contribution in [1.29, 1.82) is 0 Å². The summed E-state index contributed by atoms with van der Waals surface area (Å²) in [6.07, 6.45) is 4.72. The standard InChI is InChI=1S/C26H28F2N4O4/c1-15(33)30-23-7-18-19(12-32(2)21(18)11-29-23)20-8-22(35-13-16-9-26(27,28)10-16)17-3-5-36-25(24(17)31-20)4-6-34-14-25/h7-8,11-12,16H,3-6,9-10,13-14H2,1-2H3,(H,29,30,33). The monoisotopic (exact) mass is 498 g/mol. The number of nitrogens with one attached hydrogen (secondary N) is 1. The van der Waals surface area contributed by atoms with Gasteiger partial charge >= 0.3 is 0 Å². The third-order valence-electron chi connectivity index (χ3n) is 7.34. The molecule has 0 aromatic carbocycles. The lowest BCUT2D eigenvalue weighted by Crippen LogP contribution is -2.39. The molecule has 1 atom stereocenters. The highest BCUT2D eigenvalue weighted by Gasteiger charge is 2.47. The first-order chi connectivity index (χ1) is 17.2. The maximum absolute atomic E-state index is 13.4. The fraction of sp³-hybridized carbons (Fsp3) is 0.500. The molecule has 36 heavy (non-hydrogen) atoms. The van der Waals surface area contributed by atoms with Crippen LogP contribution < -0.4 is 10.1 Å². The minimum absolute atomic E-state index is 0.143. The first-order valence-corrected chi connectivity index (χ1v) is 12.2. The van der Waals surface area contributed by atoms with Gasteiger partial charge in [-0.2, -0.15) is 0 Å². The first kappa shape index (κ1) is 23.3. The van der Waals surface area contributed by atoms with Crippen LogP contribution in [-0.4, -0.2) is 52.8 Å². The van der Waals surface area contributed by atoms with Gasteiger partial charge < -0.3 is 24.1 Å². The van der Waals surface area contributed by atoms with Gasteiger partial charge in [-0.05, 0) is 6.07 Å². The van der Waals surface area contributed by atoms with Crippen molar-refractivity contribution in [3.63, 3.8) is 0 Å². The number of ether oxygens (including phenoxy) is 3. The van der Waals surface area contributed by atoms with Crippen LogP contribution in [0.1, 0.15) is 37.4 Å². The van der Waals surface area contributed by atoms with Gasteiger partial charge in [0.1, 0.15) is 17.2 Å². The van der Waals surface area contributed by atoms with Crippen molar-refractivity contribution < 1.29 is 27.8 Å². The van der Waals surface area contributed by atoms with E-state index < -0.39 is 11.5 Å². The highest BCUT2D eigenvalue weighted by Crippen LogP contribution is 2.46. The molecule has 1 unspecified atom stereocenters. The van der Waals surface area contributed by atoms with E-state index in [0.717, 1.165) is 27.7 Å². The number of anilines is 1. The Kier molecular flexibility index (Phi) is 5.49. The normalized spacial score (nSPS) is 23.0. The molecule has 1 N–H and O–H groups in total. The number of carbonyl (C=O) groups excluding carboxylic acids is 1. The molecule has 190 valence electrons. The Morgan fingerprint density at radius 1 is 1.31 bits per heavy atom. The zero-order chi connectivity index (χ0) is 25.1. The van der Waals surface area contributed by atoms with Crippen LogP contribution in [0.5, 0.6) is 5.75 Å². The van der Waals surface area contributed by atoms with E-state index in [9.17, 15) is 13.6 Å². The predicted molar refractivity (Wildman–Crippen MR) is 128 cm³/mol. The molecular weight excluding hydrogens is 470 g/mol. The predicted octanol–water partition coefficient (Wildman–Crippen LogP) is 4.21. The molecule has 1 aliphatic carbocycles. The number of hydrogen-bond acceptors (Lipinski definition) is 6. The van der Waals surface area contributed by atoms with Crippen molar-refractivity contribution in [2.45, 2.75) is 44.1 Å². The number of aromatic nitrogens is 3. The molecule has 5 heterocycles. The number of amides is 1. The summed E-state index contributed by atoms with van der Waals surface area (Å²) in [4.78, 5) is 21.0. The fourth-order valence-electron chi connectivity index (χ4n) is 5.54. The van der Waals surface area contributed by atoms with E-state index in [0.29, 0.717) is 49.9 Å². The minimum atomic E-state index is -2.58. The van der Waals surface area contributed by atoms with E-state index in [1.807, 2.05) is 29.9 Å². The van der Waals surface area contributed by atoms with Gasteiger partial charge in [-0.15, -0.1) is 0 Å². The molecule has 0 bridgehead atoms. The molecule has 1 saturated heterocycles. The van der Waals surface area contributed by atoms with Gasteiger partial charge in [-0.3, -0.25) is 4.79 Å². The maximum Gasteiger partial charge on any atom is 0.248 e. The zero-order valence-corrected chi connectivity index (χ0v) is 20.3. The first-order valence-electron chi connectivity index (χ1n) is 12.2. The highest BCUT2D eigenvalue weighted by molar-refractivity contribution is 5.98. The second kappa shape index (κ2) is 8.48. The van der Waals surface area contributed by atoms with Crippen LogP contribution in [0.4, 0.5) is 14.6 Å². The molecule has 1 saturated carbocycles. The number of alkyl halides is 2. The number of rotatable bonds is 5. The lowest BCUT2D eigenvalue weighted by molar-refractivity contribution is -0.119. The number of nitrogens with zero attached hydrogens (tertiary/aromatic N) is 3. The molecule has 3 aromatic rings. The third-order valence-corrected chi connectivity index (χ3v) is 7.34. The van der Waals surface area contributed by atoms with Crippen molar-refractivity contribution in [2.75, 3.05) is 31.7 Å². The summed E-state index contributed by atoms with van der Waals surface area (Å²) in [5.41, 5.74) is 3.54. The molecule has 8 nitrogen and oxygen atoms in total. The van der Waals surface area contributed by atoms with Gasteiger partial charge in [0.15, 0.2) is 0 Å². The number of fused-ring (bicyclic) bond motifs is 3. The number of aryl methyl sites for hydroxylation is 1. The second-order valence-electron chi connectivity index (χ2n) is 10.1. The van der Waals surface area contributed by atoms with Crippen LogP contribution in [0.2, 0.25) is 0 Å². The molecule has 2 fully saturated rings. The van der Waals surface area contributed by atoms with Crippen LogP contribution >= 0.6 is 0 Å². The van der Waals surface area contributed by atoms with E-state index in [-0.39, 0.29) is 31.3 Å². The Morgan fingerprint density at radius 3 is 2.86 bits per heavy atom. The van der Waals surface area contributed by atoms with Crippen molar-refractivity contribution in [3.8, 4) is 17.0 Å². The SMILES string of the molecule is CC(=O)Nc1cc2c(-c3cc(OCC4CC(F)(F)C4)c4c(n3)C3(CCOC3)OCC4)cn(C)c2cn1. The quantitative estimate of drug-likeness (QED) is 0.567. The van der Waals surface area contributed by atoms with E-state index in [4.69, 9.17) is 19.2 Å². The third kappa shape index (κ3) is 4.02. The Morgan fingerprint density at radius 2 is 2.14 bits per heavy atom. The van der Waals surface area contributed by atoms with Crippen LogP contribution in [0, 0.1) is 5.92 Å². The van der Waals surface area contributed by atoms with Crippen LogP contribution in [0.3, 0.4) is 0 Å². The lowest BCUT2D eigenvalue weighted by Gasteiger charge is -2.36. The summed E-state index contributed by atoms with van der Waals surface area (Å²) >= 11 is 0. The van der Waals surface area contributed by atoms with Crippen molar-refractivity contribution >= 4 is 22.6 Å². The number of carbonyl (C=O) groups is 1. The van der Waals surface area contributed by atoms with E-state index >= 15 is 0 Å².